The molecule has 0 saturated carbocycles. The second-order valence-electron chi connectivity index (χ2n) is 6.30. The Morgan fingerprint density at radius 3 is 2.73 bits per heavy atom. The Hall–Kier alpha value is -3.05. The number of benzene rings is 2. The predicted octanol–water partition coefficient (Wildman–Crippen LogP) is 4.22. The SMILES string of the molecule is Cc1ccc(C2Nc3ccccc3/C(=N/C(=N)N)c3[nH]ccc32)c(Cl)c1. The average Bonchev–Trinajstić information content (AvgIpc) is 3.03. The number of halogens is 1. The summed E-state index contributed by atoms with van der Waals surface area (Å²) >= 11 is 6.56. The fourth-order valence-electron chi connectivity index (χ4n) is 3.36. The van der Waals surface area contributed by atoms with Crippen molar-refractivity contribution in [1.82, 2.24) is 4.98 Å². The lowest BCUT2D eigenvalue weighted by Gasteiger charge is -2.20. The monoisotopic (exact) mass is 363 g/mol. The van der Waals surface area contributed by atoms with E-state index >= 15 is 0 Å². The van der Waals surface area contributed by atoms with E-state index in [4.69, 9.17) is 22.7 Å². The Kier molecular flexibility index (Phi) is 4.01. The van der Waals surface area contributed by atoms with Crippen LogP contribution in [0.15, 0.2) is 59.7 Å². The molecule has 130 valence electrons. The van der Waals surface area contributed by atoms with Gasteiger partial charge in [0.15, 0.2) is 0 Å². The summed E-state index contributed by atoms with van der Waals surface area (Å²) in [6.45, 7) is 2.02. The molecule has 1 unspecified atom stereocenters. The first-order chi connectivity index (χ1) is 12.5. The first kappa shape index (κ1) is 16.4. The van der Waals surface area contributed by atoms with Crippen LogP contribution < -0.4 is 11.1 Å². The third-order valence-corrected chi connectivity index (χ3v) is 4.84. The van der Waals surface area contributed by atoms with Crippen molar-refractivity contribution in [3.8, 4) is 0 Å². The van der Waals surface area contributed by atoms with Crippen molar-refractivity contribution in [3.63, 3.8) is 0 Å². The molecule has 6 heteroatoms. The quantitative estimate of drug-likeness (QED) is 0.385. The molecule has 0 saturated heterocycles. The number of fused-ring (bicyclic) bond motifs is 2. The van der Waals surface area contributed by atoms with Crippen molar-refractivity contribution in [1.29, 1.82) is 5.41 Å². The smallest absolute Gasteiger partial charge is 0.213 e. The molecule has 2 aromatic carbocycles. The van der Waals surface area contributed by atoms with Crippen LogP contribution in [0.1, 0.15) is 34.0 Å². The maximum Gasteiger partial charge on any atom is 0.213 e. The number of hydrogen-bond acceptors (Lipinski definition) is 2. The summed E-state index contributed by atoms with van der Waals surface area (Å²) in [6, 6.07) is 15.8. The Labute approximate surface area is 156 Å². The minimum Gasteiger partial charge on any atom is -0.373 e. The molecule has 0 spiro atoms. The molecule has 1 atom stereocenters. The zero-order valence-electron chi connectivity index (χ0n) is 14.2. The molecule has 2 heterocycles. The van der Waals surface area contributed by atoms with Crippen LogP contribution in [-0.2, 0) is 0 Å². The van der Waals surface area contributed by atoms with Crippen LogP contribution in [-0.4, -0.2) is 16.7 Å². The number of nitrogens with one attached hydrogen (secondary N) is 3. The number of aromatic nitrogens is 1. The standard InChI is InChI=1S/C20H18ClN5/c1-11-6-7-12(15(21)10-11)17-14-8-9-24-18(14)19(26-20(22)23)13-4-2-3-5-16(13)25-17/h2-10,17,24-25H,1H3,(H3,22,23)/b26-19-. The van der Waals surface area contributed by atoms with Gasteiger partial charge in [0.05, 0.1) is 11.7 Å². The number of nitrogens with two attached hydrogens (primary N) is 1. The van der Waals surface area contributed by atoms with Gasteiger partial charge in [-0.25, -0.2) is 4.99 Å². The summed E-state index contributed by atoms with van der Waals surface area (Å²) in [4.78, 5) is 7.55. The van der Waals surface area contributed by atoms with Crippen molar-refractivity contribution in [2.45, 2.75) is 13.0 Å². The molecule has 1 aromatic heterocycles. The molecule has 4 rings (SSSR count). The number of rotatable bonds is 1. The Balaban J connectivity index is 1.98. The van der Waals surface area contributed by atoms with Crippen LogP contribution in [0.2, 0.25) is 5.02 Å². The lowest BCUT2D eigenvalue weighted by atomic mass is 9.97. The highest BCUT2D eigenvalue weighted by Gasteiger charge is 2.28. The second kappa shape index (κ2) is 6.35. The summed E-state index contributed by atoms with van der Waals surface area (Å²) in [6.07, 6.45) is 1.87. The summed E-state index contributed by atoms with van der Waals surface area (Å²) in [5, 5.41) is 11.9. The molecule has 5 N–H and O–H groups in total. The Bertz CT molecular complexity index is 1030. The highest BCUT2D eigenvalue weighted by Crippen LogP contribution is 2.38. The third-order valence-electron chi connectivity index (χ3n) is 4.51. The van der Waals surface area contributed by atoms with Gasteiger partial charge in [-0.05, 0) is 36.2 Å². The fraction of sp³-hybridized carbons (Fsp3) is 0.100. The number of guanidine groups is 1. The van der Waals surface area contributed by atoms with E-state index in [0.29, 0.717) is 10.7 Å². The van der Waals surface area contributed by atoms with Crippen LogP contribution in [0.3, 0.4) is 0 Å². The van der Waals surface area contributed by atoms with E-state index in [-0.39, 0.29) is 12.0 Å². The highest BCUT2D eigenvalue weighted by molar-refractivity contribution is 6.31. The number of aromatic amines is 1. The second-order valence-corrected chi connectivity index (χ2v) is 6.71. The minimum atomic E-state index is -0.234. The number of H-pyrrole nitrogens is 1. The number of aliphatic imine (C=N–C) groups is 1. The summed E-state index contributed by atoms with van der Waals surface area (Å²) in [7, 11) is 0. The Morgan fingerprint density at radius 1 is 1.15 bits per heavy atom. The zero-order chi connectivity index (χ0) is 18.3. The van der Waals surface area contributed by atoms with Crippen molar-refractivity contribution in [2.24, 2.45) is 10.7 Å². The maximum absolute atomic E-state index is 7.64. The number of aryl methyl sites for hydroxylation is 1. The van der Waals surface area contributed by atoms with Crippen molar-refractivity contribution in [3.05, 3.63) is 87.7 Å². The first-order valence-electron chi connectivity index (χ1n) is 8.27. The van der Waals surface area contributed by atoms with Gasteiger partial charge >= 0.3 is 0 Å². The third kappa shape index (κ3) is 2.76. The van der Waals surface area contributed by atoms with Crippen LogP contribution in [0.5, 0.6) is 0 Å². The van der Waals surface area contributed by atoms with Gasteiger partial charge in [0.25, 0.3) is 0 Å². The van der Waals surface area contributed by atoms with Crippen molar-refractivity contribution >= 4 is 29.0 Å². The van der Waals surface area contributed by atoms with Gasteiger partial charge in [0.1, 0.15) is 5.71 Å². The van der Waals surface area contributed by atoms with Gasteiger partial charge < -0.3 is 16.0 Å². The molecule has 5 nitrogen and oxygen atoms in total. The number of nitrogens with zero attached hydrogens (tertiary/aromatic N) is 1. The fourth-order valence-corrected chi connectivity index (χ4v) is 3.70. The van der Waals surface area contributed by atoms with E-state index in [1.165, 1.54) is 0 Å². The van der Waals surface area contributed by atoms with Gasteiger partial charge in [-0.2, -0.15) is 0 Å². The van der Waals surface area contributed by atoms with Gasteiger partial charge in [-0.15, -0.1) is 0 Å². The Morgan fingerprint density at radius 2 is 1.96 bits per heavy atom. The zero-order valence-corrected chi connectivity index (χ0v) is 14.9. The van der Waals surface area contributed by atoms with Crippen LogP contribution in [0, 0.1) is 12.3 Å². The molecule has 1 aliphatic heterocycles. The molecule has 3 aromatic rings. The minimum absolute atomic E-state index is 0.148. The average molecular weight is 364 g/mol. The summed E-state index contributed by atoms with van der Waals surface area (Å²) in [5.74, 6) is -0.234. The highest BCUT2D eigenvalue weighted by atomic mass is 35.5. The molecule has 0 radical (unpaired) electrons. The molecule has 0 bridgehead atoms. The largest absolute Gasteiger partial charge is 0.373 e. The van der Waals surface area contributed by atoms with Gasteiger partial charge in [0.2, 0.25) is 5.96 Å². The number of para-hydroxylation sites is 1. The van der Waals surface area contributed by atoms with Crippen molar-refractivity contribution < 1.29 is 0 Å². The van der Waals surface area contributed by atoms with Gasteiger partial charge in [-0.3, -0.25) is 5.41 Å². The first-order valence-corrected chi connectivity index (χ1v) is 8.64. The molecule has 26 heavy (non-hydrogen) atoms. The number of anilines is 1. The van der Waals surface area contributed by atoms with E-state index < -0.39 is 0 Å². The molecular formula is C20H18ClN5. The van der Waals surface area contributed by atoms with E-state index in [9.17, 15) is 0 Å². The molecule has 0 aliphatic carbocycles. The van der Waals surface area contributed by atoms with Gasteiger partial charge in [-0.1, -0.05) is 41.9 Å². The van der Waals surface area contributed by atoms with Crippen LogP contribution in [0.4, 0.5) is 5.69 Å². The topological polar surface area (TPSA) is 90.1 Å². The van der Waals surface area contributed by atoms with E-state index in [1.54, 1.807) is 0 Å². The van der Waals surface area contributed by atoms with E-state index in [1.807, 2.05) is 55.6 Å². The van der Waals surface area contributed by atoms with Crippen molar-refractivity contribution in [2.75, 3.05) is 5.32 Å². The lowest BCUT2D eigenvalue weighted by Crippen LogP contribution is -2.14. The summed E-state index contributed by atoms with van der Waals surface area (Å²) in [5.41, 5.74) is 12.0. The molecule has 0 amide bonds. The lowest BCUT2D eigenvalue weighted by molar-refractivity contribution is 0.942. The summed E-state index contributed by atoms with van der Waals surface area (Å²) < 4.78 is 0. The maximum atomic E-state index is 7.64. The number of hydrogen-bond donors (Lipinski definition) is 4. The normalized spacial score (nSPS) is 17.2. The molecular weight excluding hydrogens is 346 g/mol. The molecule has 0 fully saturated rings. The van der Waals surface area contributed by atoms with Crippen LogP contribution in [0.25, 0.3) is 0 Å². The van der Waals surface area contributed by atoms with E-state index in [0.717, 1.165) is 33.6 Å². The predicted molar refractivity (Wildman–Crippen MR) is 106 cm³/mol. The van der Waals surface area contributed by atoms with E-state index in [2.05, 4.69) is 21.4 Å². The van der Waals surface area contributed by atoms with Crippen LogP contribution >= 0.6 is 11.6 Å². The van der Waals surface area contributed by atoms with Gasteiger partial charge in [0, 0.05) is 28.0 Å². The molecule has 1 aliphatic rings.